The van der Waals surface area contributed by atoms with E-state index in [4.69, 9.17) is 0 Å². The zero-order chi connectivity index (χ0) is 15.4. The third-order valence-electron chi connectivity index (χ3n) is 3.82. The van der Waals surface area contributed by atoms with E-state index in [9.17, 15) is 9.18 Å². The third-order valence-corrected chi connectivity index (χ3v) is 3.82. The van der Waals surface area contributed by atoms with Crippen LogP contribution in [0.1, 0.15) is 44.0 Å². The first-order chi connectivity index (χ1) is 10.0. The smallest absolute Gasteiger partial charge is 0.257 e. The quantitative estimate of drug-likeness (QED) is 0.927. The second-order valence-electron chi connectivity index (χ2n) is 6.10. The predicted octanol–water partition coefficient (Wildman–Crippen LogP) is 3.16. The lowest BCUT2D eigenvalue weighted by molar-refractivity contribution is 0.0618. The zero-order valence-electron chi connectivity index (χ0n) is 13.0. The molecule has 1 amide bonds. The molecule has 4 nitrogen and oxygen atoms in total. The number of aromatic nitrogens is 1. The standard InChI is InChI=1S/C16H24FN3O/c1-4-6-18-15-14(17)13(5-7-19-15)16(21)20-9-11(2)8-12(3)10-20/h5,7,11-12H,4,6,8-10H2,1-3H3,(H,18,19). The van der Waals surface area contributed by atoms with E-state index in [1.165, 1.54) is 12.3 Å². The summed E-state index contributed by atoms with van der Waals surface area (Å²) in [5, 5.41) is 2.92. The number of hydrogen-bond acceptors (Lipinski definition) is 3. The molecule has 0 spiro atoms. The van der Waals surface area contributed by atoms with E-state index >= 15 is 0 Å². The minimum absolute atomic E-state index is 0.116. The Morgan fingerprint density at radius 3 is 2.71 bits per heavy atom. The van der Waals surface area contributed by atoms with E-state index < -0.39 is 5.82 Å². The Bertz CT molecular complexity index is 496. The molecule has 1 aromatic heterocycles. The normalized spacial score (nSPS) is 22.2. The Balaban J connectivity index is 2.18. The average Bonchev–Trinajstić information content (AvgIpc) is 2.44. The van der Waals surface area contributed by atoms with Gasteiger partial charge in [-0.25, -0.2) is 9.37 Å². The van der Waals surface area contributed by atoms with Crippen molar-refractivity contribution in [3.05, 3.63) is 23.6 Å². The van der Waals surface area contributed by atoms with Crippen LogP contribution in [-0.4, -0.2) is 35.4 Å². The molecule has 2 unspecified atom stereocenters. The lowest BCUT2D eigenvalue weighted by atomic mass is 9.91. The summed E-state index contributed by atoms with van der Waals surface area (Å²) in [7, 11) is 0. The molecule has 21 heavy (non-hydrogen) atoms. The highest BCUT2D eigenvalue weighted by Crippen LogP contribution is 2.24. The van der Waals surface area contributed by atoms with Gasteiger partial charge in [-0.1, -0.05) is 20.8 Å². The highest BCUT2D eigenvalue weighted by molar-refractivity contribution is 5.95. The van der Waals surface area contributed by atoms with E-state index in [-0.39, 0.29) is 17.3 Å². The molecular formula is C16H24FN3O. The molecule has 1 aliphatic rings. The fraction of sp³-hybridized carbons (Fsp3) is 0.625. The Morgan fingerprint density at radius 1 is 1.43 bits per heavy atom. The van der Waals surface area contributed by atoms with Gasteiger partial charge in [-0.2, -0.15) is 0 Å². The van der Waals surface area contributed by atoms with Gasteiger partial charge in [-0.05, 0) is 30.7 Å². The molecule has 0 aliphatic carbocycles. The molecule has 0 saturated carbocycles. The van der Waals surface area contributed by atoms with Crippen LogP contribution >= 0.6 is 0 Å². The highest BCUT2D eigenvalue weighted by Gasteiger charge is 2.28. The second kappa shape index (κ2) is 6.87. The van der Waals surface area contributed by atoms with E-state index in [0.717, 1.165) is 12.8 Å². The minimum atomic E-state index is -0.540. The molecule has 1 N–H and O–H groups in total. The maximum absolute atomic E-state index is 14.4. The van der Waals surface area contributed by atoms with Gasteiger partial charge in [0.15, 0.2) is 11.6 Å². The van der Waals surface area contributed by atoms with E-state index in [1.54, 1.807) is 4.90 Å². The maximum atomic E-state index is 14.4. The summed E-state index contributed by atoms with van der Waals surface area (Å²) in [6.07, 6.45) is 3.48. The van der Waals surface area contributed by atoms with Crippen molar-refractivity contribution in [2.45, 2.75) is 33.6 Å². The molecule has 5 heteroatoms. The minimum Gasteiger partial charge on any atom is -0.368 e. The first-order valence-electron chi connectivity index (χ1n) is 7.70. The third kappa shape index (κ3) is 3.71. The maximum Gasteiger partial charge on any atom is 0.257 e. The number of anilines is 1. The van der Waals surface area contributed by atoms with Gasteiger partial charge in [-0.3, -0.25) is 4.79 Å². The number of carbonyl (C=O) groups is 1. The number of hydrogen-bond donors (Lipinski definition) is 1. The van der Waals surface area contributed by atoms with E-state index in [1.807, 2.05) is 6.92 Å². The molecule has 1 saturated heterocycles. The highest BCUT2D eigenvalue weighted by atomic mass is 19.1. The largest absolute Gasteiger partial charge is 0.368 e. The van der Waals surface area contributed by atoms with Crippen LogP contribution in [-0.2, 0) is 0 Å². The van der Waals surface area contributed by atoms with Gasteiger partial charge in [0.1, 0.15) is 0 Å². The summed E-state index contributed by atoms with van der Waals surface area (Å²) in [6, 6.07) is 1.47. The number of nitrogens with one attached hydrogen (secondary N) is 1. The molecule has 2 rings (SSSR count). The van der Waals surface area contributed by atoms with Gasteiger partial charge in [0.25, 0.3) is 5.91 Å². The van der Waals surface area contributed by atoms with Crippen LogP contribution < -0.4 is 5.32 Å². The van der Waals surface area contributed by atoms with Gasteiger partial charge >= 0.3 is 0 Å². The number of likely N-dealkylation sites (tertiary alicyclic amines) is 1. The molecule has 2 heterocycles. The summed E-state index contributed by atoms with van der Waals surface area (Å²) in [5.74, 6) is 0.316. The van der Waals surface area contributed by atoms with Crippen molar-refractivity contribution >= 4 is 11.7 Å². The molecule has 1 aliphatic heterocycles. The summed E-state index contributed by atoms with van der Waals surface area (Å²) in [6.45, 7) is 8.29. The Hall–Kier alpha value is -1.65. The van der Waals surface area contributed by atoms with Crippen LogP contribution in [0.4, 0.5) is 10.2 Å². The van der Waals surface area contributed by atoms with Crippen molar-refractivity contribution in [2.24, 2.45) is 11.8 Å². The molecule has 1 fully saturated rings. The van der Waals surface area contributed by atoms with Crippen LogP contribution in [0.25, 0.3) is 0 Å². The molecule has 0 aromatic carbocycles. The van der Waals surface area contributed by atoms with E-state index in [2.05, 4.69) is 24.1 Å². The summed E-state index contributed by atoms with van der Waals surface area (Å²) in [4.78, 5) is 18.3. The fourth-order valence-electron chi connectivity index (χ4n) is 2.97. The van der Waals surface area contributed by atoms with Crippen molar-refractivity contribution in [3.8, 4) is 0 Å². The number of piperidine rings is 1. The van der Waals surface area contributed by atoms with Crippen molar-refractivity contribution in [2.75, 3.05) is 25.0 Å². The first kappa shape index (κ1) is 15.7. The lowest BCUT2D eigenvalue weighted by Gasteiger charge is -2.35. The average molecular weight is 293 g/mol. The van der Waals surface area contributed by atoms with Gasteiger partial charge in [0.2, 0.25) is 0 Å². The predicted molar refractivity (Wildman–Crippen MR) is 81.8 cm³/mol. The Kier molecular flexibility index (Phi) is 5.15. The monoisotopic (exact) mass is 293 g/mol. The van der Waals surface area contributed by atoms with Gasteiger partial charge < -0.3 is 10.2 Å². The van der Waals surface area contributed by atoms with Crippen LogP contribution in [0.3, 0.4) is 0 Å². The molecule has 116 valence electrons. The van der Waals surface area contributed by atoms with Crippen LogP contribution in [0.15, 0.2) is 12.3 Å². The van der Waals surface area contributed by atoms with Gasteiger partial charge in [0, 0.05) is 25.8 Å². The number of carbonyl (C=O) groups excluding carboxylic acids is 1. The van der Waals surface area contributed by atoms with Crippen molar-refractivity contribution in [1.29, 1.82) is 0 Å². The number of halogens is 1. The van der Waals surface area contributed by atoms with Crippen molar-refractivity contribution in [3.63, 3.8) is 0 Å². The number of rotatable bonds is 4. The summed E-state index contributed by atoms with van der Waals surface area (Å²) < 4.78 is 14.4. The summed E-state index contributed by atoms with van der Waals surface area (Å²) in [5.41, 5.74) is 0.116. The number of nitrogens with zero attached hydrogens (tertiary/aromatic N) is 2. The SMILES string of the molecule is CCCNc1nccc(C(=O)N2CC(C)CC(C)C2)c1F. The zero-order valence-corrected chi connectivity index (χ0v) is 13.0. The molecule has 1 aromatic rings. The van der Waals surface area contributed by atoms with Crippen molar-refractivity contribution in [1.82, 2.24) is 9.88 Å². The first-order valence-corrected chi connectivity index (χ1v) is 7.70. The van der Waals surface area contributed by atoms with Gasteiger partial charge in [0.05, 0.1) is 5.56 Å². The Morgan fingerprint density at radius 2 is 2.10 bits per heavy atom. The number of pyridine rings is 1. The topological polar surface area (TPSA) is 45.2 Å². The van der Waals surface area contributed by atoms with Crippen LogP contribution in [0.5, 0.6) is 0 Å². The van der Waals surface area contributed by atoms with Gasteiger partial charge in [-0.15, -0.1) is 0 Å². The van der Waals surface area contributed by atoms with Crippen LogP contribution in [0.2, 0.25) is 0 Å². The molecule has 0 bridgehead atoms. The molecule has 0 radical (unpaired) electrons. The summed E-state index contributed by atoms with van der Waals surface area (Å²) >= 11 is 0. The van der Waals surface area contributed by atoms with E-state index in [0.29, 0.717) is 31.5 Å². The Labute approximate surface area is 125 Å². The number of amides is 1. The molecule has 2 atom stereocenters. The second-order valence-corrected chi connectivity index (χ2v) is 6.10. The lowest BCUT2D eigenvalue weighted by Crippen LogP contribution is -2.42. The fourth-order valence-corrected chi connectivity index (χ4v) is 2.97. The molecular weight excluding hydrogens is 269 g/mol. The van der Waals surface area contributed by atoms with Crippen molar-refractivity contribution < 1.29 is 9.18 Å². The van der Waals surface area contributed by atoms with Crippen LogP contribution in [0, 0.1) is 17.7 Å².